The first-order valence-corrected chi connectivity index (χ1v) is 7.86. The number of hydrogen-bond acceptors (Lipinski definition) is 6. The van der Waals surface area contributed by atoms with Gasteiger partial charge in [0, 0.05) is 6.42 Å². The number of carbonyl (C=O) groups excluding carboxylic acids is 1. The van der Waals surface area contributed by atoms with E-state index in [2.05, 4.69) is 9.97 Å². The molecule has 2 aromatic rings. The highest BCUT2D eigenvalue weighted by molar-refractivity contribution is 5.74. The van der Waals surface area contributed by atoms with Crippen LogP contribution in [0.2, 0.25) is 0 Å². The van der Waals surface area contributed by atoms with Gasteiger partial charge in [-0.1, -0.05) is 12.1 Å². The summed E-state index contributed by atoms with van der Waals surface area (Å²) in [5.74, 6) is -0.417. The van der Waals surface area contributed by atoms with Crippen molar-refractivity contribution in [2.75, 3.05) is 13.7 Å². The van der Waals surface area contributed by atoms with Crippen LogP contribution in [0, 0.1) is 5.92 Å². The quantitative estimate of drug-likeness (QED) is 0.797. The van der Waals surface area contributed by atoms with Crippen molar-refractivity contribution in [3.8, 4) is 11.6 Å². The van der Waals surface area contributed by atoms with E-state index in [0.29, 0.717) is 11.3 Å². The van der Waals surface area contributed by atoms with Gasteiger partial charge in [0.25, 0.3) is 5.56 Å². The summed E-state index contributed by atoms with van der Waals surface area (Å²) in [6, 6.07) is 7.03. The van der Waals surface area contributed by atoms with E-state index < -0.39 is 29.2 Å². The van der Waals surface area contributed by atoms with E-state index in [0.717, 1.165) is 0 Å². The summed E-state index contributed by atoms with van der Waals surface area (Å²) in [4.78, 5) is 40.5. The second kappa shape index (κ2) is 6.84. The molecule has 0 radical (unpaired) electrons. The number of aromatic amines is 2. The van der Waals surface area contributed by atoms with Crippen molar-refractivity contribution in [2.45, 2.75) is 19.4 Å². The maximum atomic E-state index is 12.4. The average Bonchev–Trinajstić information content (AvgIpc) is 2.61. The third kappa shape index (κ3) is 3.28. The van der Waals surface area contributed by atoms with Crippen molar-refractivity contribution >= 4 is 5.97 Å². The summed E-state index contributed by atoms with van der Waals surface area (Å²) < 4.78 is 16.1. The number of esters is 1. The second-order valence-corrected chi connectivity index (χ2v) is 5.59. The highest BCUT2D eigenvalue weighted by Gasteiger charge is 2.39. The van der Waals surface area contributed by atoms with Crippen molar-refractivity contribution in [1.82, 2.24) is 9.97 Å². The molecule has 1 aromatic heterocycles. The van der Waals surface area contributed by atoms with E-state index in [1.54, 1.807) is 38.3 Å². The third-order valence-electron chi connectivity index (χ3n) is 4.07. The number of H-pyrrole nitrogens is 2. The van der Waals surface area contributed by atoms with Gasteiger partial charge < -0.3 is 14.2 Å². The van der Waals surface area contributed by atoms with Crippen molar-refractivity contribution in [1.29, 1.82) is 0 Å². The summed E-state index contributed by atoms with van der Waals surface area (Å²) in [6.45, 7) is 1.93. The Balaban J connectivity index is 2.04. The summed E-state index contributed by atoms with van der Waals surface area (Å²) in [5, 5.41) is 0. The van der Waals surface area contributed by atoms with Gasteiger partial charge in [0.1, 0.15) is 17.8 Å². The third-order valence-corrected chi connectivity index (χ3v) is 4.07. The first-order valence-electron chi connectivity index (χ1n) is 7.86. The van der Waals surface area contributed by atoms with Gasteiger partial charge in [0.05, 0.1) is 19.3 Å². The minimum absolute atomic E-state index is 0.0788. The summed E-state index contributed by atoms with van der Waals surface area (Å²) in [7, 11) is 1.56. The lowest BCUT2D eigenvalue weighted by molar-refractivity contribution is -0.152. The van der Waals surface area contributed by atoms with Gasteiger partial charge in [-0.05, 0) is 24.6 Å². The molecule has 2 N–H and O–H groups in total. The van der Waals surface area contributed by atoms with Crippen LogP contribution in [0.3, 0.4) is 0 Å². The Morgan fingerprint density at radius 3 is 2.60 bits per heavy atom. The Hall–Kier alpha value is -3.03. The number of hydrogen-bond donors (Lipinski definition) is 2. The van der Waals surface area contributed by atoms with Gasteiger partial charge in [-0.25, -0.2) is 4.79 Å². The van der Waals surface area contributed by atoms with Crippen LogP contribution >= 0.6 is 0 Å². The number of rotatable bonds is 4. The topological polar surface area (TPSA) is 110 Å². The molecule has 3 rings (SSSR count). The molecular weight excluding hydrogens is 328 g/mol. The van der Waals surface area contributed by atoms with Crippen LogP contribution in [0.4, 0.5) is 0 Å². The van der Waals surface area contributed by atoms with Crippen LogP contribution in [0.25, 0.3) is 0 Å². The van der Waals surface area contributed by atoms with E-state index in [1.807, 2.05) is 0 Å². The molecule has 0 spiro atoms. The number of ether oxygens (including phenoxy) is 3. The lowest BCUT2D eigenvalue weighted by Gasteiger charge is -2.31. The van der Waals surface area contributed by atoms with Gasteiger partial charge in [-0.15, -0.1) is 0 Å². The van der Waals surface area contributed by atoms with Crippen LogP contribution in [0.5, 0.6) is 11.6 Å². The molecule has 0 fully saturated rings. The zero-order valence-corrected chi connectivity index (χ0v) is 13.8. The predicted octanol–water partition coefficient (Wildman–Crippen LogP) is 0.927. The van der Waals surface area contributed by atoms with Gasteiger partial charge >= 0.3 is 11.7 Å². The number of methoxy groups -OCH3 is 1. The fraction of sp³-hybridized carbons (Fsp3) is 0.353. The van der Waals surface area contributed by atoms with E-state index in [1.165, 1.54) is 0 Å². The van der Waals surface area contributed by atoms with E-state index >= 15 is 0 Å². The fourth-order valence-electron chi connectivity index (χ4n) is 2.86. The van der Waals surface area contributed by atoms with E-state index in [-0.39, 0.29) is 24.5 Å². The molecule has 132 valence electrons. The number of benzene rings is 1. The van der Waals surface area contributed by atoms with Gasteiger partial charge in [0.15, 0.2) is 0 Å². The number of fused-ring (bicyclic) bond motifs is 1. The Morgan fingerprint density at radius 1 is 1.24 bits per heavy atom. The molecule has 0 unspecified atom stereocenters. The van der Waals surface area contributed by atoms with Crippen molar-refractivity contribution in [3.63, 3.8) is 0 Å². The van der Waals surface area contributed by atoms with E-state index in [4.69, 9.17) is 14.2 Å². The molecule has 0 bridgehead atoms. The Kier molecular flexibility index (Phi) is 4.60. The molecule has 0 saturated carbocycles. The Morgan fingerprint density at radius 2 is 1.96 bits per heavy atom. The lowest BCUT2D eigenvalue weighted by atomic mass is 9.88. The molecule has 1 aromatic carbocycles. The zero-order valence-electron chi connectivity index (χ0n) is 13.8. The molecule has 1 aliphatic rings. The molecule has 25 heavy (non-hydrogen) atoms. The maximum Gasteiger partial charge on any atom is 0.328 e. The standard InChI is InChI=1S/C17H18N2O6/c1-3-24-16(21)11-8-12-14(20)18-17(22)19-15(12)25-13(11)9-4-6-10(23-2)7-5-9/h4-7,11,13H,3,8H2,1-2H3,(H2,18,19,20,22)/t11-,13+/m1/s1. The monoisotopic (exact) mass is 346 g/mol. The smallest absolute Gasteiger partial charge is 0.328 e. The van der Waals surface area contributed by atoms with Gasteiger partial charge in [-0.3, -0.25) is 19.6 Å². The second-order valence-electron chi connectivity index (χ2n) is 5.59. The number of nitrogens with one attached hydrogen (secondary N) is 2. The number of aromatic nitrogens is 2. The summed E-state index contributed by atoms with van der Waals surface area (Å²) >= 11 is 0. The predicted molar refractivity (Wildman–Crippen MR) is 87.9 cm³/mol. The van der Waals surface area contributed by atoms with Crippen LogP contribution in [0.1, 0.15) is 24.2 Å². The van der Waals surface area contributed by atoms with Crippen molar-refractivity contribution in [3.05, 3.63) is 56.2 Å². The zero-order chi connectivity index (χ0) is 18.0. The minimum Gasteiger partial charge on any atom is -0.497 e. The Bertz CT molecular complexity index is 883. The van der Waals surface area contributed by atoms with Crippen molar-refractivity contribution in [2.24, 2.45) is 5.92 Å². The number of carbonyl (C=O) groups is 1. The molecule has 0 amide bonds. The molecule has 8 heteroatoms. The maximum absolute atomic E-state index is 12.4. The molecule has 0 saturated heterocycles. The Labute approximate surface area is 142 Å². The normalized spacial score (nSPS) is 18.8. The van der Waals surface area contributed by atoms with Gasteiger partial charge in [-0.2, -0.15) is 0 Å². The SMILES string of the molecule is CCOC(=O)[C@@H]1Cc2c([nH]c(=O)[nH]c2=O)O[C@H]1c1ccc(OC)cc1. The molecule has 8 nitrogen and oxygen atoms in total. The largest absolute Gasteiger partial charge is 0.497 e. The summed E-state index contributed by atoms with van der Waals surface area (Å²) in [5.41, 5.74) is -0.291. The molecule has 1 aliphatic heterocycles. The van der Waals surface area contributed by atoms with Crippen LogP contribution in [-0.2, 0) is 16.0 Å². The van der Waals surface area contributed by atoms with Crippen LogP contribution in [-0.4, -0.2) is 29.7 Å². The molecular formula is C17H18N2O6. The van der Waals surface area contributed by atoms with Crippen LogP contribution in [0.15, 0.2) is 33.9 Å². The molecule has 0 aliphatic carbocycles. The van der Waals surface area contributed by atoms with E-state index in [9.17, 15) is 14.4 Å². The van der Waals surface area contributed by atoms with Gasteiger partial charge in [0.2, 0.25) is 5.88 Å². The average molecular weight is 346 g/mol. The first kappa shape index (κ1) is 16.8. The highest BCUT2D eigenvalue weighted by Crippen LogP contribution is 2.37. The minimum atomic E-state index is -0.701. The lowest BCUT2D eigenvalue weighted by Crippen LogP contribution is -2.38. The fourth-order valence-corrected chi connectivity index (χ4v) is 2.86. The van der Waals surface area contributed by atoms with Crippen LogP contribution < -0.4 is 20.7 Å². The molecule has 2 atom stereocenters. The molecule has 2 heterocycles. The summed E-state index contributed by atoms with van der Waals surface area (Å²) in [6.07, 6.45) is -0.577. The van der Waals surface area contributed by atoms with Crippen molar-refractivity contribution < 1.29 is 19.0 Å². The first-order chi connectivity index (χ1) is 12.0. The highest BCUT2D eigenvalue weighted by atomic mass is 16.5.